The molecule has 1 heterocycles. The quantitative estimate of drug-likeness (QED) is 0.673. The van der Waals surface area contributed by atoms with Crippen molar-refractivity contribution in [3.05, 3.63) is 39.5 Å². The molecular formula is C13H9ClFNO3S2. The fourth-order valence-corrected chi connectivity index (χ4v) is 3.32. The molecule has 1 atom stereocenters. The Morgan fingerprint density at radius 3 is 2.81 bits per heavy atom. The van der Waals surface area contributed by atoms with Crippen molar-refractivity contribution in [1.82, 2.24) is 4.90 Å². The van der Waals surface area contributed by atoms with E-state index in [4.69, 9.17) is 28.9 Å². The zero-order chi connectivity index (χ0) is 15.7. The summed E-state index contributed by atoms with van der Waals surface area (Å²) in [6.07, 6.45) is 1.28. The molecule has 8 heteroatoms. The first kappa shape index (κ1) is 15.9. The van der Waals surface area contributed by atoms with E-state index >= 15 is 0 Å². The molecule has 1 aliphatic rings. The van der Waals surface area contributed by atoms with Crippen LogP contribution in [0.1, 0.15) is 12.5 Å². The molecule has 1 aliphatic heterocycles. The maximum absolute atomic E-state index is 13.7. The van der Waals surface area contributed by atoms with E-state index in [0.29, 0.717) is 0 Å². The van der Waals surface area contributed by atoms with Gasteiger partial charge in [-0.1, -0.05) is 41.6 Å². The number of benzene rings is 1. The molecule has 0 bridgehead atoms. The summed E-state index contributed by atoms with van der Waals surface area (Å²) in [5.41, 5.74) is 0.0719. The largest absolute Gasteiger partial charge is 0.480 e. The first-order valence-electron chi connectivity index (χ1n) is 5.76. The second-order valence-corrected chi connectivity index (χ2v) is 6.28. The minimum absolute atomic E-state index is 0.0719. The maximum Gasteiger partial charge on any atom is 0.326 e. The molecule has 0 aliphatic carbocycles. The molecule has 1 N–H and O–H groups in total. The monoisotopic (exact) mass is 345 g/mol. The molecule has 2 rings (SSSR count). The summed E-state index contributed by atoms with van der Waals surface area (Å²) >= 11 is 11.8. The Bertz CT molecular complexity index is 657. The number of aliphatic carboxylic acids is 1. The van der Waals surface area contributed by atoms with Gasteiger partial charge in [-0.2, -0.15) is 0 Å². The molecule has 1 fully saturated rings. The predicted molar refractivity (Wildman–Crippen MR) is 83.5 cm³/mol. The number of thiocarbonyl (C=S) groups is 1. The summed E-state index contributed by atoms with van der Waals surface area (Å²) in [5, 5.41) is 9.14. The van der Waals surface area contributed by atoms with Crippen LogP contribution in [0.5, 0.6) is 0 Å². The first-order valence-corrected chi connectivity index (χ1v) is 7.37. The van der Waals surface area contributed by atoms with Gasteiger partial charge in [0.2, 0.25) is 0 Å². The van der Waals surface area contributed by atoms with Crippen LogP contribution >= 0.6 is 35.6 Å². The van der Waals surface area contributed by atoms with Crippen LogP contribution in [0.4, 0.5) is 4.39 Å². The normalized spacial score (nSPS) is 18.4. The number of carboxylic acid groups (broad SMARTS) is 1. The highest BCUT2D eigenvalue weighted by atomic mass is 35.5. The second kappa shape index (κ2) is 6.13. The van der Waals surface area contributed by atoms with Crippen LogP contribution in [0, 0.1) is 5.82 Å². The fraction of sp³-hybridized carbons (Fsp3) is 0.154. The molecule has 110 valence electrons. The smallest absolute Gasteiger partial charge is 0.326 e. The van der Waals surface area contributed by atoms with Crippen LogP contribution < -0.4 is 0 Å². The van der Waals surface area contributed by atoms with Gasteiger partial charge in [0.05, 0.1) is 9.93 Å². The van der Waals surface area contributed by atoms with E-state index in [1.807, 2.05) is 0 Å². The molecule has 0 radical (unpaired) electrons. The maximum atomic E-state index is 13.7. The van der Waals surface area contributed by atoms with Gasteiger partial charge in [0.25, 0.3) is 5.91 Å². The van der Waals surface area contributed by atoms with E-state index in [2.05, 4.69) is 0 Å². The van der Waals surface area contributed by atoms with E-state index in [1.54, 1.807) is 0 Å². The zero-order valence-corrected chi connectivity index (χ0v) is 13.1. The number of rotatable bonds is 3. The molecule has 0 spiro atoms. The Kier molecular flexibility index (Phi) is 4.65. The van der Waals surface area contributed by atoms with Gasteiger partial charge in [-0.3, -0.25) is 9.69 Å². The number of carboxylic acids is 1. The summed E-state index contributed by atoms with van der Waals surface area (Å²) in [5.74, 6) is -2.31. The number of thioether (sulfide) groups is 1. The van der Waals surface area contributed by atoms with E-state index in [0.717, 1.165) is 16.7 Å². The highest BCUT2D eigenvalue weighted by molar-refractivity contribution is 8.26. The number of amides is 1. The highest BCUT2D eigenvalue weighted by Gasteiger charge is 2.38. The number of nitrogens with zero attached hydrogens (tertiary/aromatic N) is 1. The fourth-order valence-electron chi connectivity index (χ4n) is 1.70. The zero-order valence-electron chi connectivity index (χ0n) is 10.7. The minimum atomic E-state index is -1.17. The third-order valence-electron chi connectivity index (χ3n) is 2.84. The number of hydrogen-bond acceptors (Lipinski definition) is 4. The second-order valence-electron chi connectivity index (χ2n) is 4.20. The molecule has 1 unspecified atom stereocenters. The van der Waals surface area contributed by atoms with Gasteiger partial charge in [0.15, 0.2) is 0 Å². The Morgan fingerprint density at radius 2 is 2.24 bits per heavy atom. The van der Waals surface area contributed by atoms with Crippen LogP contribution in [0.25, 0.3) is 6.08 Å². The third-order valence-corrected chi connectivity index (χ3v) is 4.50. The van der Waals surface area contributed by atoms with E-state index < -0.39 is 23.7 Å². The van der Waals surface area contributed by atoms with E-state index in [-0.39, 0.29) is 19.8 Å². The SMILES string of the molecule is CC(C(=O)O)N1C(=O)/C(=C/c2c(F)cccc2Cl)SC1=S. The summed E-state index contributed by atoms with van der Waals surface area (Å²) < 4.78 is 13.8. The summed E-state index contributed by atoms with van der Waals surface area (Å²) in [4.78, 5) is 24.3. The summed E-state index contributed by atoms with van der Waals surface area (Å²) in [6.45, 7) is 1.35. The topological polar surface area (TPSA) is 57.6 Å². The minimum Gasteiger partial charge on any atom is -0.480 e. The van der Waals surface area contributed by atoms with Crippen LogP contribution in [0.15, 0.2) is 23.1 Å². The Hall–Kier alpha value is -1.44. The summed E-state index contributed by atoms with van der Waals surface area (Å²) in [7, 11) is 0. The van der Waals surface area contributed by atoms with Crippen LogP contribution in [0.3, 0.4) is 0 Å². The Morgan fingerprint density at radius 1 is 1.57 bits per heavy atom. The van der Waals surface area contributed by atoms with Crippen LogP contribution in [-0.2, 0) is 9.59 Å². The predicted octanol–water partition coefficient (Wildman–Crippen LogP) is 3.15. The van der Waals surface area contributed by atoms with Crippen molar-refractivity contribution in [1.29, 1.82) is 0 Å². The lowest BCUT2D eigenvalue weighted by molar-refractivity contribution is -0.144. The average Bonchev–Trinajstić information content (AvgIpc) is 2.68. The highest BCUT2D eigenvalue weighted by Crippen LogP contribution is 2.35. The molecule has 1 aromatic rings. The Balaban J connectivity index is 2.39. The number of carbonyl (C=O) groups excluding carboxylic acids is 1. The standard InChI is InChI=1S/C13H9ClFNO3S2/c1-6(12(18)19)16-11(17)10(21-13(16)20)5-7-8(14)3-2-4-9(7)15/h2-6H,1H3,(H,18,19)/b10-5-. The third kappa shape index (κ3) is 3.09. The van der Waals surface area contributed by atoms with E-state index in [1.165, 1.54) is 31.2 Å². The molecule has 0 aromatic heterocycles. The molecular weight excluding hydrogens is 337 g/mol. The van der Waals surface area contributed by atoms with Crippen molar-refractivity contribution in [3.8, 4) is 0 Å². The van der Waals surface area contributed by atoms with Crippen molar-refractivity contribution >= 4 is 57.9 Å². The van der Waals surface area contributed by atoms with Gasteiger partial charge in [-0.25, -0.2) is 9.18 Å². The number of hydrogen-bond donors (Lipinski definition) is 1. The van der Waals surface area contributed by atoms with Gasteiger partial charge in [-0.15, -0.1) is 0 Å². The average molecular weight is 346 g/mol. The van der Waals surface area contributed by atoms with Crippen LogP contribution in [-0.4, -0.2) is 32.2 Å². The van der Waals surface area contributed by atoms with Crippen molar-refractivity contribution in [3.63, 3.8) is 0 Å². The van der Waals surface area contributed by atoms with Crippen molar-refractivity contribution in [2.45, 2.75) is 13.0 Å². The van der Waals surface area contributed by atoms with Crippen LogP contribution in [0.2, 0.25) is 5.02 Å². The first-order chi connectivity index (χ1) is 9.82. The van der Waals surface area contributed by atoms with Gasteiger partial charge in [0.1, 0.15) is 16.2 Å². The molecule has 0 saturated carbocycles. The van der Waals surface area contributed by atoms with Gasteiger partial charge < -0.3 is 5.11 Å². The molecule has 1 saturated heterocycles. The number of halogens is 2. The molecule has 1 aromatic carbocycles. The lowest BCUT2D eigenvalue weighted by atomic mass is 10.2. The molecule has 4 nitrogen and oxygen atoms in total. The van der Waals surface area contributed by atoms with Gasteiger partial charge in [-0.05, 0) is 25.1 Å². The van der Waals surface area contributed by atoms with Crippen molar-refractivity contribution in [2.24, 2.45) is 0 Å². The van der Waals surface area contributed by atoms with Gasteiger partial charge in [0, 0.05) is 5.56 Å². The number of carbonyl (C=O) groups is 2. The lowest BCUT2D eigenvalue weighted by Crippen LogP contribution is -2.41. The summed E-state index contributed by atoms with van der Waals surface area (Å²) in [6, 6.07) is 3.08. The van der Waals surface area contributed by atoms with Gasteiger partial charge >= 0.3 is 5.97 Å². The lowest BCUT2D eigenvalue weighted by Gasteiger charge is -2.18. The Labute approximate surface area is 134 Å². The molecule has 21 heavy (non-hydrogen) atoms. The van der Waals surface area contributed by atoms with Crippen molar-refractivity contribution in [2.75, 3.05) is 0 Å². The molecule has 1 amide bonds. The van der Waals surface area contributed by atoms with Crippen molar-refractivity contribution < 1.29 is 19.1 Å². The van der Waals surface area contributed by atoms with E-state index in [9.17, 15) is 14.0 Å².